The molecule has 4 saturated carbocycles. The Balaban J connectivity index is 1.74. The van der Waals surface area contributed by atoms with Crippen LogP contribution in [-0.4, -0.2) is 11.1 Å². The van der Waals surface area contributed by atoms with Gasteiger partial charge >= 0.3 is 5.97 Å². The lowest BCUT2D eigenvalue weighted by atomic mass is 9.48. The molecule has 1 aromatic rings. The molecule has 106 valence electrons. The summed E-state index contributed by atoms with van der Waals surface area (Å²) >= 11 is 0. The van der Waals surface area contributed by atoms with Crippen molar-refractivity contribution < 1.29 is 9.90 Å². The molecule has 0 amide bonds. The van der Waals surface area contributed by atoms with Crippen molar-refractivity contribution >= 4 is 5.97 Å². The Hall–Kier alpha value is -1.31. The predicted molar refractivity (Wildman–Crippen MR) is 78.0 cm³/mol. The number of benzene rings is 1. The quantitative estimate of drug-likeness (QED) is 0.876. The van der Waals surface area contributed by atoms with Crippen LogP contribution in [0, 0.1) is 24.7 Å². The molecule has 0 atom stereocenters. The molecular formula is C18H22O2. The fourth-order valence-corrected chi connectivity index (χ4v) is 5.70. The molecule has 4 aliphatic carbocycles. The molecule has 4 fully saturated rings. The molecule has 4 bridgehead atoms. The lowest BCUT2D eigenvalue weighted by Crippen LogP contribution is -2.48. The van der Waals surface area contributed by atoms with Gasteiger partial charge in [-0.25, -0.2) is 4.79 Å². The number of hydrogen-bond acceptors (Lipinski definition) is 1. The van der Waals surface area contributed by atoms with Crippen LogP contribution in [-0.2, 0) is 5.41 Å². The number of aryl methyl sites for hydroxylation is 1. The molecule has 0 heterocycles. The standard InChI is InChI=1S/C18H22O2/c1-11-4-15(2-3-16(11)17(19)20)18-8-12-5-13(9-18)7-14(6-12)10-18/h2-4,12-14H,5-10H2,1H3,(H,19,20). The Morgan fingerprint density at radius 3 is 2.10 bits per heavy atom. The monoisotopic (exact) mass is 270 g/mol. The highest BCUT2D eigenvalue weighted by Gasteiger charge is 2.51. The van der Waals surface area contributed by atoms with E-state index >= 15 is 0 Å². The van der Waals surface area contributed by atoms with Gasteiger partial charge in [-0.15, -0.1) is 0 Å². The Kier molecular flexibility index (Phi) is 2.55. The average molecular weight is 270 g/mol. The van der Waals surface area contributed by atoms with Crippen LogP contribution in [0.1, 0.15) is 60.0 Å². The summed E-state index contributed by atoms with van der Waals surface area (Å²) in [6.07, 6.45) is 8.36. The average Bonchev–Trinajstić information content (AvgIpc) is 2.36. The summed E-state index contributed by atoms with van der Waals surface area (Å²) in [7, 11) is 0. The van der Waals surface area contributed by atoms with E-state index in [1.807, 2.05) is 13.0 Å². The maximum Gasteiger partial charge on any atom is 0.335 e. The van der Waals surface area contributed by atoms with E-state index in [1.165, 1.54) is 44.1 Å². The third kappa shape index (κ3) is 1.73. The van der Waals surface area contributed by atoms with Crippen LogP contribution in [0.4, 0.5) is 0 Å². The SMILES string of the molecule is Cc1cc(C23CC4CC(CC(C4)C2)C3)ccc1C(=O)O. The number of hydrogen-bond donors (Lipinski definition) is 1. The molecule has 5 rings (SSSR count). The summed E-state index contributed by atoms with van der Waals surface area (Å²) in [5.74, 6) is 1.99. The molecule has 0 radical (unpaired) electrons. The van der Waals surface area contributed by atoms with Crippen molar-refractivity contribution in [2.75, 3.05) is 0 Å². The maximum atomic E-state index is 11.2. The fraction of sp³-hybridized carbons (Fsp3) is 0.611. The summed E-state index contributed by atoms with van der Waals surface area (Å²) in [5.41, 5.74) is 3.17. The molecule has 4 aliphatic rings. The van der Waals surface area contributed by atoms with Crippen LogP contribution >= 0.6 is 0 Å². The van der Waals surface area contributed by atoms with Gasteiger partial charge in [0.15, 0.2) is 0 Å². The summed E-state index contributed by atoms with van der Waals surface area (Å²) in [6, 6.07) is 6.09. The largest absolute Gasteiger partial charge is 0.478 e. The van der Waals surface area contributed by atoms with Gasteiger partial charge in [0.05, 0.1) is 5.56 Å². The molecule has 1 N–H and O–H groups in total. The number of carboxylic acid groups (broad SMARTS) is 1. The zero-order valence-electron chi connectivity index (χ0n) is 12.1. The van der Waals surface area contributed by atoms with Crippen molar-refractivity contribution in [1.82, 2.24) is 0 Å². The van der Waals surface area contributed by atoms with E-state index in [-0.39, 0.29) is 0 Å². The molecule has 20 heavy (non-hydrogen) atoms. The van der Waals surface area contributed by atoms with Gasteiger partial charge in [0.25, 0.3) is 0 Å². The van der Waals surface area contributed by atoms with Gasteiger partial charge in [0.2, 0.25) is 0 Å². The van der Waals surface area contributed by atoms with E-state index in [4.69, 9.17) is 0 Å². The van der Waals surface area contributed by atoms with Crippen LogP contribution in [0.2, 0.25) is 0 Å². The Morgan fingerprint density at radius 2 is 1.65 bits per heavy atom. The molecule has 2 nitrogen and oxygen atoms in total. The van der Waals surface area contributed by atoms with Gasteiger partial charge in [-0.1, -0.05) is 12.1 Å². The topological polar surface area (TPSA) is 37.3 Å². The van der Waals surface area contributed by atoms with Crippen molar-refractivity contribution in [2.24, 2.45) is 17.8 Å². The Bertz CT molecular complexity index is 537. The second-order valence-electron chi connectivity index (χ2n) is 7.53. The first-order valence-corrected chi connectivity index (χ1v) is 7.90. The fourth-order valence-electron chi connectivity index (χ4n) is 5.70. The van der Waals surface area contributed by atoms with E-state index in [0.717, 1.165) is 23.3 Å². The highest BCUT2D eigenvalue weighted by Crippen LogP contribution is 2.60. The third-order valence-corrected chi connectivity index (χ3v) is 6.11. The van der Waals surface area contributed by atoms with Crippen molar-refractivity contribution in [2.45, 2.75) is 50.9 Å². The summed E-state index contributed by atoms with van der Waals surface area (Å²) in [5, 5.41) is 9.19. The number of carboxylic acids is 1. The third-order valence-electron chi connectivity index (χ3n) is 6.11. The van der Waals surface area contributed by atoms with E-state index < -0.39 is 5.97 Å². The lowest BCUT2D eigenvalue weighted by molar-refractivity contribution is -0.00523. The van der Waals surface area contributed by atoms with Crippen molar-refractivity contribution in [3.63, 3.8) is 0 Å². The van der Waals surface area contributed by atoms with Crippen molar-refractivity contribution in [1.29, 1.82) is 0 Å². The van der Waals surface area contributed by atoms with Gasteiger partial charge < -0.3 is 5.11 Å². The highest BCUT2D eigenvalue weighted by atomic mass is 16.4. The lowest BCUT2D eigenvalue weighted by Gasteiger charge is -2.57. The van der Waals surface area contributed by atoms with Crippen LogP contribution in [0.3, 0.4) is 0 Å². The molecule has 0 unspecified atom stereocenters. The highest BCUT2D eigenvalue weighted by molar-refractivity contribution is 5.89. The van der Waals surface area contributed by atoms with Crippen LogP contribution in [0.15, 0.2) is 18.2 Å². The molecule has 0 aliphatic heterocycles. The van der Waals surface area contributed by atoms with Crippen LogP contribution < -0.4 is 0 Å². The van der Waals surface area contributed by atoms with Crippen molar-refractivity contribution in [3.05, 3.63) is 34.9 Å². The van der Waals surface area contributed by atoms with E-state index in [0.29, 0.717) is 11.0 Å². The molecule has 0 saturated heterocycles. The minimum atomic E-state index is -0.806. The van der Waals surface area contributed by atoms with E-state index in [9.17, 15) is 9.90 Å². The first-order valence-electron chi connectivity index (χ1n) is 7.90. The molecule has 1 aromatic carbocycles. The number of carbonyl (C=O) groups is 1. The maximum absolute atomic E-state index is 11.2. The first-order chi connectivity index (χ1) is 9.56. The number of aromatic carboxylic acids is 1. The summed E-state index contributed by atoms with van der Waals surface area (Å²) in [6.45, 7) is 1.94. The van der Waals surface area contributed by atoms with Crippen LogP contribution in [0.5, 0.6) is 0 Å². The summed E-state index contributed by atoms with van der Waals surface area (Å²) < 4.78 is 0. The van der Waals surface area contributed by atoms with Gasteiger partial charge in [0.1, 0.15) is 0 Å². The van der Waals surface area contributed by atoms with E-state index in [2.05, 4.69) is 12.1 Å². The van der Waals surface area contributed by atoms with Gasteiger partial charge in [0, 0.05) is 0 Å². The Morgan fingerprint density at radius 1 is 1.10 bits per heavy atom. The molecule has 0 aromatic heterocycles. The predicted octanol–water partition coefficient (Wildman–Crippen LogP) is 4.16. The van der Waals surface area contributed by atoms with E-state index in [1.54, 1.807) is 0 Å². The second kappa shape index (κ2) is 4.09. The van der Waals surface area contributed by atoms with Crippen LogP contribution in [0.25, 0.3) is 0 Å². The van der Waals surface area contributed by atoms with Gasteiger partial charge in [-0.3, -0.25) is 0 Å². The molecular weight excluding hydrogens is 248 g/mol. The normalized spacial score (nSPS) is 38.1. The van der Waals surface area contributed by atoms with Crippen molar-refractivity contribution in [3.8, 4) is 0 Å². The molecule has 2 heteroatoms. The zero-order valence-corrected chi connectivity index (χ0v) is 12.1. The first kappa shape index (κ1) is 12.4. The molecule has 0 spiro atoms. The van der Waals surface area contributed by atoms with Gasteiger partial charge in [-0.2, -0.15) is 0 Å². The minimum absolute atomic E-state index is 0.372. The van der Waals surface area contributed by atoms with Gasteiger partial charge in [-0.05, 0) is 85.8 Å². The Labute approximate surface area is 120 Å². The smallest absolute Gasteiger partial charge is 0.335 e. The number of rotatable bonds is 2. The minimum Gasteiger partial charge on any atom is -0.478 e. The second-order valence-corrected chi connectivity index (χ2v) is 7.53. The summed E-state index contributed by atoms with van der Waals surface area (Å²) in [4.78, 5) is 11.2. The zero-order chi connectivity index (χ0) is 13.9.